The average Bonchev–Trinajstić information content (AvgIpc) is 2.89. The van der Waals surface area contributed by atoms with Crippen molar-refractivity contribution in [3.63, 3.8) is 0 Å². The second kappa shape index (κ2) is 4.70. The lowest BCUT2D eigenvalue weighted by molar-refractivity contribution is 0.0996. The molecule has 0 amide bonds. The molecule has 0 radical (unpaired) electrons. The number of halogens is 2. The van der Waals surface area contributed by atoms with Gasteiger partial charge in [-0.2, -0.15) is 0 Å². The fourth-order valence-corrected chi connectivity index (χ4v) is 4.64. The molecule has 2 aliphatic heterocycles. The molecule has 0 spiro atoms. The number of rotatable bonds is 3. The molecule has 2 aliphatic rings. The molecule has 2 saturated heterocycles. The fraction of sp³-hybridized carbons (Fsp3) is 0.500. The highest BCUT2D eigenvalue weighted by atomic mass is 35.5. The number of nitrogens with one attached hydrogen (secondary N) is 1. The van der Waals surface area contributed by atoms with Crippen LogP contribution >= 0.6 is 11.6 Å². The van der Waals surface area contributed by atoms with Crippen LogP contribution in [0.25, 0.3) is 0 Å². The van der Waals surface area contributed by atoms with Crippen molar-refractivity contribution in [1.82, 2.24) is 4.72 Å². The summed E-state index contributed by atoms with van der Waals surface area (Å²) >= 11 is 5.79. The molecule has 0 aliphatic carbocycles. The largest absolute Gasteiger partial charge is 0.373 e. The third-order valence-corrected chi connectivity index (χ3v) is 5.59. The molecule has 3 rings (SSSR count). The molecule has 7 heteroatoms. The summed E-state index contributed by atoms with van der Waals surface area (Å²) in [7, 11) is -3.96. The maximum atomic E-state index is 13.7. The minimum Gasteiger partial charge on any atom is -0.373 e. The van der Waals surface area contributed by atoms with Crippen molar-refractivity contribution < 1.29 is 17.5 Å². The van der Waals surface area contributed by atoms with Gasteiger partial charge in [-0.05, 0) is 31.4 Å². The van der Waals surface area contributed by atoms with Crippen molar-refractivity contribution in [2.24, 2.45) is 0 Å². The molecule has 4 nitrogen and oxygen atoms in total. The second-order valence-corrected chi connectivity index (χ2v) is 6.95. The van der Waals surface area contributed by atoms with Gasteiger partial charge < -0.3 is 4.74 Å². The van der Waals surface area contributed by atoms with Crippen molar-refractivity contribution in [3.05, 3.63) is 29.0 Å². The Labute approximate surface area is 116 Å². The molecular weight excluding hydrogens is 293 g/mol. The second-order valence-electron chi connectivity index (χ2n) is 4.89. The fourth-order valence-electron chi connectivity index (χ4n) is 2.76. The number of sulfonamides is 1. The molecule has 2 fully saturated rings. The van der Waals surface area contributed by atoms with Crippen LogP contribution in [0.4, 0.5) is 4.39 Å². The Hall–Kier alpha value is -0.690. The smallest absolute Gasteiger partial charge is 0.245 e. The average molecular weight is 306 g/mol. The highest BCUT2D eigenvalue weighted by Gasteiger charge is 2.43. The van der Waals surface area contributed by atoms with Crippen LogP contribution in [0.2, 0.25) is 5.02 Å². The van der Waals surface area contributed by atoms with Crippen LogP contribution in [0.1, 0.15) is 19.3 Å². The van der Waals surface area contributed by atoms with E-state index >= 15 is 0 Å². The molecule has 0 unspecified atom stereocenters. The monoisotopic (exact) mass is 305 g/mol. The Morgan fingerprint density at radius 1 is 1.37 bits per heavy atom. The number of benzene rings is 1. The van der Waals surface area contributed by atoms with Crippen molar-refractivity contribution in [1.29, 1.82) is 0 Å². The molecule has 1 aromatic carbocycles. The number of hydrogen-bond acceptors (Lipinski definition) is 3. The predicted octanol–water partition coefficient (Wildman–Crippen LogP) is 2.08. The summed E-state index contributed by atoms with van der Waals surface area (Å²) in [5.41, 5.74) is 0. The zero-order valence-electron chi connectivity index (χ0n) is 9.97. The Morgan fingerprint density at radius 2 is 2.16 bits per heavy atom. The summed E-state index contributed by atoms with van der Waals surface area (Å²) in [6, 6.07) is 3.52. The highest BCUT2D eigenvalue weighted by Crippen LogP contribution is 2.35. The normalized spacial score (nSPS) is 29.9. The molecule has 2 heterocycles. The maximum absolute atomic E-state index is 13.7. The van der Waals surface area contributed by atoms with Gasteiger partial charge in [0.25, 0.3) is 0 Å². The minimum absolute atomic E-state index is 0.106. The molecule has 19 heavy (non-hydrogen) atoms. The van der Waals surface area contributed by atoms with Gasteiger partial charge in [0.2, 0.25) is 10.0 Å². The Balaban J connectivity index is 1.87. The summed E-state index contributed by atoms with van der Waals surface area (Å²) in [5, 5.41) is -0.114. The summed E-state index contributed by atoms with van der Waals surface area (Å²) in [5.74, 6) is -0.843. The number of hydrogen-bond donors (Lipinski definition) is 1. The Morgan fingerprint density at radius 3 is 2.74 bits per heavy atom. The molecule has 0 saturated carbocycles. The van der Waals surface area contributed by atoms with Crippen LogP contribution in [-0.2, 0) is 14.8 Å². The first-order valence-electron chi connectivity index (χ1n) is 6.09. The van der Waals surface area contributed by atoms with Crippen LogP contribution in [0.5, 0.6) is 0 Å². The number of ether oxygens (including phenoxy) is 1. The van der Waals surface area contributed by atoms with Gasteiger partial charge in [0.05, 0.1) is 23.3 Å². The van der Waals surface area contributed by atoms with Crippen molar-refractivity contribution in [2.45, 2.75) is 42.4 Å². The maximum Gasteiger partial charge on any atom is 0.245 e. The van der Waals surface area contributed by atoms with E-state index in [2.05, 4.69) is 4.72 Å². The molecular formula is C12H13ClFNO3S. The zero-order chi connectivity index (χ0) is 13.6. The third kappa shape index (κ3) is 2.38. The molecule has 2 bridgehead atoms. The van der Waals surface area contributed by atoms with Gasteiger partial charge >= 0.3 is 0 Å². The first kappa shape index (κ1) is 13.3. The topological polar surface area (TPSA) is 55.4 Å². The zero-order valence-corrected chi connectivity index (χ0v) is 11.5. The summed E-state index contributed by atoms with van der Waals surface area (Å²) in [6.07, 6.45) is 2.45. The van der Waals surface area contributed by atoms with E-state index in [4.69, 9.17) is 16.3 Å². The lowest BCUT2D eigenvalue weighted by Gasteiger charge is -2.20. The van der Waals surface area contributed by atoms with E-state index in [1.165, 1.54) is 12.1 Å². The van der Waals surface area contributed by atoms with Gasteiger partial charge in [0.15, 0.2) is 0 Å². The first-order chi connectivity index (χ1) is 8.97. The lowest BCUT2D eigenvalue weighted by atomic mass is 9.96. The van der Waals surface area contributed by atoms with Crippen LogP contribution < -0.4 is 4.72 Å². The Kier molecular flexibility index (Phi) is 3.29. The van der Waals surface area contributed by atoms with Crippen LogP contribution in [0, 0.1) is 5.82 Å². The van der Waals surface area contributed by atoms with Crippen molar-refractivity contribution >= 4 is 21.6 Å². The molecule has 104 valence electrons. The van der Waals surface area contributed by atoms with E-state index in [0.717, 1.165) is 18.9 Å². The third-order valence-electron chi connectivity index (χ3n) is 3.60. The quantitative estimate of drug-likeness (QED) is 0.930. The van der Waals surface area contributed by atoms with Gasteiger partial charge in [0.1, 0.15) is 10.7 Å². The van der Waals surface area contributed by atoms with E-state index in [0.29, 0.717) is 6.42 Å². The van der Waals surface area contributed by atoms with Crippen LogP contribution in [0.15, 0.2) is 23.1 Å². The Bertz CT molecular complexity index is 587. The molecule has 3 atom stereocenters. The van der Waals surface area contributed by atoms with Crippen LogP contribution in [0.3, 0.4) is 0 Å². The van der Waals surface area contributed by atoms with E-state index in [9.17, 15) is 12.8 Å². The summed E-state index contributed by atoms with van der Waals surface area (Å²) in [4.78, 5) is -0.487. The SMILES string of the molecule is O=S(=O)(N[C@@H]1C[C@H]2CC[C@H]1O2)c1c(F)cccc1Cl. The van der Waals surface area contributed by atoms with Gasteiger partial charge in [-0.15, -0.1) is 0 Å². The van der Waals surface area contributed by atoms with Gasteiger partial charge in [-0.1, -0.05) is 17.7 Å². The van der Waals surface area contributed by atoms with Crippen LogP contribution in [-0.4, -0.2) is 26.7 Å². The van der Waals surface area contributed by atoms with E-state index < -0.39 is 20.7 Å². The first-order valence-corrected chi connectivity index (χ1v) is 7.95. The molecule has 1 N–H and O–H groups in total. The van der Waals surface area contributed by atoms with E-state index in [1.54, 1.807) is 0 Å². The van der Waals surface area contributed by atoms with Gasteiger partial charge in [-0.3, -0.25) is 0 Å². The lowest BCUT2D eigenvalue weighted by Crippen LogP contribution is -2.41. The van der Waals surface area contributed by atoms with Crippen molar-refractivity contribution in [2.75, 3.05) is 0 Å². The van der Waals surface area contributed by atoms with Crippen molar-refractivity contribution in [3.8, 4) is 0 Å². The van der Waals surface area contributed by atoms with E-state index in [-0.39, 0.29) is 23.3 Å². The summed E-state index contributed by atoms with van der Waals surface area (Å²) in [6.45, 7) is 0. The number of fused-ring (bicyclic) bond motifs is 2. The molecule has 0 aromatic heterocycles. The van der Waals surface area contributed by atoms with E-state index in [1.807, 2.05) is 0 Å². The standard InChI is InChI=1S/C12H13ClFNO3S/c13-8-2-1-3-9(14)12(8)19(16,17)15-10-6-7-4-5-11(10)18-7/h1-3,7,10-11,15H,4-6H2/t7-,10-,11-/m1/s1. The minimum atomic E-state index is -3.96. The van der Waals surface area contributed by atoms with Gasteiger partial charge in [0, 0.05) is 0 Å². The molecule has 1 aromatic rings. The predicted molar refractivity (Wildman–Crippen MR) is 68.0 cm³/mol. The van der Waals surface area contributed by atoms with Gasteiger partial charge in [-0.25, -0.2) is 17.5 Å². The highest BCUT2D eigenvalue weighted by molar-refractivity contribution is 7.89. The summed E-state index contributed by atoms with van der Waals surface area (Å²) < 4.78 is 46.2.